The summed E-state index contributed by atoms with van der Waals surface area (Å²) in [7, 11) is 0. The Morgan fingerprint density at radius 2 is 2.33 bits per heavy atom. The molecule has 0 bridgehead atoms. The van der Waals surface area contributed by atoms with Crippen molar-refractivity contribution in [2.75, 3.05) is 5.32 Å². The number of hydrogen-bond acceptors (Lipinski definition) is 5. The number of anilines is 1. The average molecular weight is 263 g/mol. The van der Waals surface area contributed by atoms with E-state index in [-0.39, 0.29) is 10.6 Å². The Bertz CT molecular complexity index is 540. The smallest absolute Gasteiger partial charge is 0.274 e. The number of aromatic nitrogens is 1. The topological polar surface area (TPSA) is 68.1 Å². The fraction of sp³-hybridized carbons (Fsp3) is 0.250. The summed E-state index contributed by atoms with van der Waals surface area (Å²) in [5.41, 5.74) is 1.66. The number of nitrogens with zero attached hydrogens (tertiary/aromatic N) is 2. The highest BCUT2D eigenvalue weighted by molar-refractivity contribution is 7.09. The maximum absolute atomic E-state index is 10.9. The van der Waals surface area contributed by atoms with Crippen molar-refractivity contribution in [1.82, 2.24) is 4.98 Å². The Labute approximate surface area is 109 Å². The predicted molar refractivity (Wildman–Crippen MR) is 71.9 cm³/mol. The maximum atomic E-state index is 10.9. The lowest BCUT2D eigenvalue weighted by Crippen LogP contribution is -2.01. The number of thiazole rings is 1. The average Bonchev–Trinajstić information content (AvgIpc) is 2.89. The van der Waals surface area contributed by atoms with Crippen LogP contribution in [0.2, 0.25) is 0 Å². The van der Waals surface area contributed by atoms with E-state index in [2.05, 4.69) is 10.3 Å². The zero-order chi connectivity index (χ0) is 13.0. The minimum atomic E-state index is -0.340. The number of nitro benzene ring substituents is 1. The van der Waals surface area contributed by atoms with Gasteiger partial charge in [-0.2, -0.15) is 0 Å². The number of hydrogen-bond donors (Lipinski definition) is 1. The van der Waals surface area contributed by atoms with Crippen LogP contribution in [-0.2, 0) is 13.0 Å². The van der Waals surface area contributed by atoms with Gasteiger partial charge in [-0.1, -0.05) is 13.0 Å². The van der Waals surface area contributed by atoms with Gasteiger partial charge in [0.2, 0.25) is 0 Å². The lowest BCUT2D eigenvalue weighted by Gasteiger charge is -2.06. The molecule has 0 atom stereocenters. The quantitative estimate of drug-likeness (QED) is 0.664. The molecule has 0 radical (unpaired) electrons. The van der Waals surface area contributed by atoms with E-state index in [1.54, 1.807) is 29.7 Å². The van der Waals surface area contributed by atoms with Crippen LogP contribution in [0.15, 0.2) is 29.8 Å². The van der Waals surface area contributed by atoms with Gasteiger partial charge in [-0.15, -0.1) is 11.3 Å². The Balaban J connectivity index is 2.14. The molecule has 1 heterocycles. The third kappa shape index (κ3) is 2.84. The first kappa shape index (κ1) is 12.5. The molecule has 0 spiro atoms. The molecule has 1 aromatic heterocycles. The van der Waals surface area contributed by atoms with Crippen molar-refractivity contribution in [3.05, 3.63) is 50.5 Å². The summed E-state index contributed by atoms with van der Waals surface area (Å²) in [6.07, 6.45) is 2.40. The molecule has 2 aromatic rings. The van der Waals surface area contributed by atoms with Crippen molar-refractivity contribution in [2.45, 2.75) is 19.9 Å². The summed E-state index contributed by atoms with van der Waals surface area (Å²) in [5.74, 6) is 0. The highest BCUT2D eigenvalue weighted by atomic mass is 32.1. The van der Waals surface area contributed by atoms with E-state index < -0.39 is 0 Å². The maximum Gasteiger partial charge on any atom is 0.274 e. The molecule has 0 amide bonds. The highest BCUT2D eigenvalue weighted by Gasteiger charge is 2.12. The molecular formula is C12H13N3O2S. The van der Waals surface area contributed by atoms with Crippen molar-refractivity contribution in [3.63, 3.8) is 0 Å². The van der Waals surface area contributed by atoms with E-state index in [1.807, 2.05) is 18.4 Å². The third-order valence-electron chi connectivity index (χ3n) is 2.59. The second-order valence-electron chi connectivity index (χ2n) is 3.73. The molecule has 94 valence electrons. The Morgan fingerprint density at radius 1 is 1.50 bits per heavy atom. The van der Waals surface area contributed by atoms with Gasteiger partial charge >= 0.3 is 0 Å². The largest absolute Gasteiger partial charge is 0.378 e. The third-order valence-corrected chi connectivity index (χ3v) is 3.37. The molecule has 6 heteroatoms. The van der Waals surface area contributed by atoms with Gasteiger partial charge in [0, 0.05) is 28.9 Å². The van der Waals surface area contributed by atoms with Crippen LogP contribution in [0, 0.1) is 10.1 Å². The van der Waals surface area contributed by atoms with E-state index in [1.165, 1.54) is 0 Å². The number of benzene rings is 1. The van der Waals surface area contributed by atoms with Gasteiger partial charge in [0.25, 0.3) is 5.69 Å². The van der Waals surface area contributed by atoms with E-state index in [0.29, 0.717) is 13.0 Å². The van der Waals surface area contributed by atoms with Crippen molar-refractivity contribution < 1.29 is 4.92 Å². The van der Waals surface area contributed by atoms with Gasteiger partial charge in [0.05, 0.1) is 11.5 Å². The molecule has 18 heavy (non-hydrogen) atoms. The predicted octanol–water partition coefficient (Wildman–Crippen LogP) is 3.23. The van der Waals surface area contributed by atoms with Crippen molar-refractivity contribution in [3.8, 4) is 0 Å². The molecule has 0 fully saturated rings. The summed E-state index contributed by atoms with van der Waals surface area (Å²) in [6.45, 7) is 2.49. The van der Waals surface area contributed by atoms with Crippen LogP contribution in [0.25, 0.3) is 0 Å². The van der Waals surface area contributed by atoms with Crippen LogP contribution in [0.1, 0.15) is 17.5 Å². The summed E-state index contributed by atoms with van der Waals surface area (Å²) in [6, 6.07) is 5.23. The molecule has 0 unspecified atom stereocenters. The summed E-state index contributed by atoms with van der Waals surface area (Å²) in [4.78, 5) is 14.7. The zero-order valence-corrected chi connectivity index (χ0v) is 10.7. The lowest BCUT2D eigenvalue weighted by atomic mass is 10.1. The monoisotopic (exact) mass is 263 g/mol. The van der Waals surface area contributed by atoms with Gasteiger partial charge < -0.3 is 5.32 Å². The minimum absolute atomic E-state index is 0.168. The van der Waals surface area contributed by atoms with E-state index >= 15 is 0 Å². The van der Waals surface area contributed by atoms with Crippen molar-refractivity contribution in [2.24, 2.45) is 0 Å². The van der Waals surface area contributed by atoms with Gasteiger partial charge in [-0.05, 0) is 12.5 Å². The first-order valence-electron chi connectivity index (χ1n) is 5.60. The highest BCUT2D eigenvalue weighted by Crippen LogP contribution is 2.24. The molecule has 0 aliphatic rings. The standard InChI is InChI=1S/C12H13N3O2S/c1-2-9-3-4-10(7-11(9)15(16)17)14-8-12-13-5-6-18-12/h3-7,14H,2,8H2,1H3. The first-order chi connectivity index (χ1) is 8.70. The fourth-order valence-corrected chi connectivity index (χ4v) is 2.22. The molecule has 0 saturated heterocycles. The molecular weight excluding hydrogens is 250 g/mol. The van der Waals surface area contributed by atoms with Gasteiger partial charge in [-0.3, -0.25) is 10.1 Å². The Morgan fingerprint density at radius 3 is 2.94 bits per heavy atom. The second kappa shape index (κ2) is 5.59. The van der Waals surface area contributed by atoms with Crippen molar-refractivity contribution in [1.29, 1.82) is 0 Å². The molecule has 0 aliphatic heterocycles. The number of aryl methyl sites for hydroxylation is 1. The SMILES string of the molecule is CCc1ccc(NCc2nccs2)cc1[N+](=O)[O-]. The number of nitro groups is 1. The Hall–Kier alpha value is -1.95. The van der Waals surface area contributed by atoms with Crippen LogP contribution in [-0.4, -0.2) is 9.91 Å². The lowest BCUT2D eigenvalue weighted by molar-refractivity contribution is -0.385. The Kier molecular flexibility index (Phi) is 3.88. The second-order valence-corrected chi connectivity index (χ2v) is 4.71. The van der Waals surface area contributed by atoms with Crippen LogP contribution in [0.4, 0.5) is 11.4 Å². The minimum Gasteiger partial charge on any atom is -0.378 e. The summed E-state index contributed by atoms with van der Waals surface area (Å²) < 4.78 is 0. The molecule has 1 aromatic carbocycles. The van der Waals surface area contributed by atoms with E-state index in [4.69, 9.17) is 0 Å². The number of nitrogens with one attached hydrogen (secondary N) is 1. The first-order valence-corrected chi connectivity index (χ1v) is 6.48. The zero-order valence-electron chi connectivity index (χ0n) is 9.92. The molecule has 2 rings (SSSR count). The van der Waals surface area contributed by atoms with Crippen LogP contribution in [0.3, 0.4) is 0 Å². The fourth-order valence-electron chi connectivity index (χ4n) is 1.66. The van der Waals surface area contributed by atoms with E-state index in [9.17, 15) is 10.1 Å². The van der Waals surface area contributed by atoms with Crippen LogP contribution in [0.5, 0.6) is 0 Å². The van der Waals surface area contributed by atoms with Crippen molar-refractivity contribution >= 4 is 22.7 Å². The normalized spacial score (nSPS) is 10.3. The van der Waals surface area contributed by atoms with Gasteiger partial charge in [-0.25, -0.2) is 4.98 Å². The molecule has 1 N–H and O–H groups in total. The van der Waals surface area contributed by atoms with Gasteiger partial charge in [0.15, 0.2) is 0 Å². The van der Waals surface area contributed by atoms with Gasteiger partial charge in [0.1, 0.15) is 5.01 Å². The summed E-state index contributed by atoms with van der Waals surface area (Å²) in [5, 5.41) is 16.9. The van der Waals surface area contributed by atoms with Crippen LogP contribution >= 0.6 is 11.3 Å². The molecule has 5 nitrogen and oxygen atoms in total. The molecule has 0 aliphatic carbocycles. The van der Waals surface area contributed by atoms with Crippen LogP contribution < -0.4 is 5.32 Å². The summed E-state index contributed by atoms with van der Waals surface area (Å²) >= 11 is 1.55. The molecule has 0 saturated carbocycles. The van der Waals surface area contributed by atoms with E-state index in [0.717, 1.165) is 16.3 Å². The number of rotatable bonds is 5.